The number of hydrogen-bond acceptors (Lipinski definition) is 5. The predicted molar refractivity (Wildman–Crippen MR) is 72.4 cm³/mol. The molecule has 0 aliphatic heterocycles. The number of nitro groups is 1. The lowest BCUT2D eigenvalue weighted by Gasteiger charge is -2.06. The Morgan fingerprint density at radius 2 is 2.11 bits per heavy atom. The molecule has 1 aromatic heterocycles. The monoisotopic (exact) mass is 259 g/mol. The summed E-state index contributed by atoms with van der Waals surface area (Å²) < 4.78 is 5.13. The number of ether oxygens (including phenoxy) is 1. The van der Waals surface area contributed by atoms with Gasteiger partial charge < -0.3 is 10.1 Å². The van der Waals surface area contributed by atoms with Crippen molar-refractivity contribution in [2.24, 2.45) is 0 Å². The third kappa shape index (κ3) is 2.79. The van der Waals surface area contributed by atoms with Crippen molar-refractivity contribution in [3.8, 4) is 17.0 Å². The van der Waals surface area contributed by atoms with Crippen molar-refractivity contribution in [3.63, 3.8) is 0 Å². The van der Waals surface area contributed by atoms with Crippen molar-refractivity contribution in [2.75, 3.05) is 19.5 Å². The summed E-state index contributed by atoms with van der Waals surface area (Å²) in [6, 6.07) is 10.1. The first kappa shape index (κ1) is 12.8. The molecule has 2 rings (SSSR count). The number of anilines is 1. The summed E-state index contributed by atoms with van der Waals surface area (Å²) in [4.78, 5) is 14.8. The smallest absolute Gasteiger partial charge is 0.275 e. The highest BCUT2D eigenvalue weighted by Crippen LogP contribution is 2.27. The topological polar surface area (TPSA) is 77.3 Å². The van der Waals surface area contributed by atoms with Crippen molar-refractivity contribution in [1.29, 1.82) is 0 Å². The first-order valence-electron chi connectivity index (χ1n) is 5.62. The van der Waals surface area contributed by atoms with E-state index in [2.05, 4.69) is 10.3 Å². The lowest BCUT2D eigenvalue weighted by Crippen LogP contribution is -1.97. The molecule has 0 atom stereocenters. The maximum Gasteiger partial charge on any atom is 0.275 e. The van der Waals surface area contributed by atoms with Gasteiger partial charge in [-0.2, -0.15) is 0 Å². The zero-order valence-corrected chi connectivity index (χ0v) is 10.6. The summed E-state index contributed by atoms with van der Waals surface area (Å²) in [6.07, 6.45) is 0. The Bertz CT molecular complexity index is 614. The van der Waals surface area contributed by atoms with Crippen LogP contribution in [0.2, 0.25) is 0 Å². The molecule has 98 valence electrons. The minimum absolute atomic E-state index is 0.00262. The molecule has 1 heterocycles. The van der Waals surface area contributed by atoms with E-state index in [4.69, 9.17) is 4.74 Å². The van der Waals surface area contributed by atoms with Gasteiger partial charge in [-0.15, -0.1) is 0 Å². The van der Waals surface area contributed by atoms with E-state index in [1.165, 1.54) is 12.1 Å². The van der Waals surface area contributed by atoms with E-state index in [9.17, 15) is 10.1 Å². The van der Waals surface area contributed by atoms with Gasteiger partial charge in [0.15, 0.2) is 0 Å². The molecule has 0 unspecified atom stereocenters. The van der Waals surface area contributed by atoms with E-state index >= 15 is 0 Å². The van der Waals surface area contributed by atoms with Crippen LogP contribution in [-0.4, -0.2) is 24.1 Å². The van der Waals surface area contributed by atoms with Crippen molar-refractivity contribution in [3.05, 3.63) is 46.5 Å². The highest BCUT2D eigenvalue weighted by Gasteiger charge is 2.12. The second-order valence-corrected chi connectivity index (χ2v) is 3.83. The van der Waals surface area contributed by atoms with Crippen molar-refractivity contribution in [2.45, 2.75) is 0 Å². The number of nitrogens with zero attached hydrogens (tertiary/aromatic N) is 2. The normalized spacial score (nSPS) is 10.0. The van der Waals surface area contributed by atoms with Crippen LogP contribution in [0.3, 0.4) is 0 Å². The van der Waals surface area contributed by atoms with E-state index in [0.29, 0.717) is 17.3 Å². The van der Waals surface area contributed by atoms with Crippen LogP contribution in [0.15, 0.2) is 36.4 Å². The van der Waals surface area contributed by atoms with Gasteiger partial charge in [0.2, 0.25) is 0 Å². The van der Waals surface area contributed by atoms with E-state index in [-0.39, 0.29) is 5.69 Å². The molecule has 1 N–H and O–H groups in total. The number of aromatic nitrogens is 1. The Hall–Kier alpha value is -2.63. The number of rotatable bonds is 4. The summed E-state index contributed by atoms with van der Waals surface area (Å²) in [7, 11) is 3.24. The van der Waals surface area contributed by atoms with Crippen LogP contribution >= 0.6 is 0 Å². The standard InChI is InChI=1S/C13H13N3O3/c1-14-13-8-10(16(17)18)7-12(15-13)9-4-3-5-11(6-9)19-2/h3-8H,1-2H3,(H,14,15). The third-order valence-corrected chi connectivity index (χ3v) is 2.64. The van der Waals surface area contributed by atoms with E-state index in [0.717, 1.165) is 5.56 Å². The van der Waals surface area contributed by atoms with Crippen molar-refractivity contribution < 1.29 is 9.66 Å². The average Bonchev–Trinajstić information content (AvgIpc) is 2.46. The Morgan fingerprint density at radius 1 is 1.32 bits per heavy atom. The van der Waals surface area contributed by atoms with Gasteiger partial charge in [0.25, 0.3) is 5.69 Å². The van der Waals surface area contributed by atoms with Crippen LogP contribution in [0.1, 0.15) is 0 Å². The maximum atomic E-state index is 10.9. The largest absolute Gasteiger partial charge is 0.497 e. The summed E-state index contributed by atoms with van der Waals surface area (Å²) in [5.74, 6) is 1.13. The second-order valence-electron chi connectivity index (χ2n) is 3.83. The molecular formula is C13H13N3O3. The first-order chi connectivity index (χ1) is 9.13. The minimum Gasteiger partial charge on any atom is -0.497 e. The molecular weight excluding hydrogens is 246 g/mol. The van der Waals surface area contributed by atoms with Crippen LogP contribution in [0, 0.1) is 10.1 Å². The Balaban J connectivity index is 2.53. The molecule has 19 heavy (non-hydrogen) atoms. The van der Waals surface area contributed by atoms with Crippen molar-refractivity contribution in [1.82, 2.24) is 4.98 Å². The van der Waals surface area contributed by atoms with Gasteiger partial charge in [0.1, 0.15) is 11.6 Å². The van der Waals surface area contributed by atoms with E-state index < -0.39 is 4.92 Å². The van der Waals surface area contributed by atoms with Crippen LogP contribution < -0.4 is 10.1 Å². The molecule has 0 bridgehead atoms. The number of hydrogen-bond donors (Lipinski definition) is 1. The van der Waals surface area contributed by atoms with Crippen LogP contribution in [-0.2, 0) is 0 Å². The number of pyridine rings is 1. The fourth-order valence-electron chi connectivity index (χ4n) is 1.68. The van der Waals surface area contributed by atoms with Gasteiger partial charge in [-0.3, -0.25) is 10.1 Å². The highest BCUT2D eigenvalue weighted by atomic mass is 16.6. The Morgan fingerprint density at radius 3 is 2.74 bits per heavy atom. The molecule has 0 saturated carbocycles. The molecule has 0 aliphatic carbocycles. The number of methoxy groups -OCH3 is 1. The Kier molecular flexibility index (Phi) is 3.61. The highest BCUT2D eigenvalue weighted by molar-refractivity contribution is 5.66. The van der Waals surface area contributed by atoms with Gasteiger partial charge in [0, 0.05) is 18.7 Å². The van der Waals surface area contributed by atoms with E-state index in [1.807, 2.05) is 12.1 Å². The predicted octanol–water partition coefficient (Wildman–Crippen LogP) is 2.71. The first-order valence-corrected chi connectivity index (χ1v) is 5.62. The summed E-state index contributed by atoms with van der Waals surface area (Å²) in [5, 5.41) is 13.7. The SMILES string of the molecule is CNc1cc([N+](=O)[O-])cc(-c2cccc(OC)c2)n1. The molecule has 1 aromatic carbocycles. The zero-order valence-electron chi connectivity index (χ0n) is 10.6. The molecule has 0 radical (unpaired) electrons. The molecule has 6 heteroatoms. The van der Waals surface area contributed by atoms with Gasteiger partial charge in [-0.1, -0.05) is 12.1 Å². The van der Waals surface area contributed by atoms with Crippen molar-refractivity contribution >= 4 is 11.5 Å². The number of nitrogens with one attached hydrogen (secondary N) is 1. The molecule has 0 fully saturated rings. The maximum absolute atomic E-state index is 10.9. The Labute approximate surface area is 110 Å². The summed E-state index contributed by atoms with van der Waals surface area (Å²) in [6.45, 7) is 0. The molecule has 0 amide bonds. The molecule has 0 saturated heterocycles. The van der Waals surface area contributed by atoms with Gasteiger partial charge in [-0.05, 0) is 12.1 Å². The second kappa shape index (κ2) is 5.34. The quantitative estimate of drug-likeness (QED) is 0.674. The minimum atomic E-state index is -0.438. The fourth-order valence-corrected chi connectivity index (χ4v) is 1.68. The van der Waals surface area contributed by atoms with E-state index in [1.54, 1.807) is 26.3 Å². The summed E-state index contributed by atoms with van der Waals surface area (Å²) in [5.41, 5.74) is 1.29. The zero-order chi connectivity index (χ0) is 13.8. The molecule has 6 nitrogen and oxygen atoms in total. The lowest BCUT2D eigenvalue weighted by molar-refractivity contribution is -0.384. The van der Waals surface area contributed by atoms with Gasteiger partial charge >= 0.3 is 0 Å². The van der Waals surface area contributed by atoms with Gasteiger partial charge in [0.05, 0.1) is 23.8 Å². The van der Waals surface area contributed by atoms with Crippen LogP contribution in [0.5, 0.6) is 5.75 Å². The molecule has 0 aliphatic rings. The third-order valence-electron chi connectivity index (χ3n) is 2.64. The molecule has 2 aromatic rings. The summed E-state index contributed by atoms with van der Waals surface area (Å²) >= 11 is 0. The lowest BCUT2D eigenvalue weighted by atomic mass is 10.1. The number of benzene rings is 1. The average molecular weight is 259 g/mol. The fraction of sp³-hybridized carbons (Fsp3) is 0.154. The van der Waals surface area contributed by atoms with Gasteiger partial charge in [-0.25, -0.2) is 4.98 Å². The van der Waals surface area contributed by atoms with Crippen LogP contribution in [0.25, 0.3) is 11.3 Å². The van der Waals surface area contributed by atoms with Crippen LogP contribution in [0.4, 0.5) is 11.5 Å². The molecule has 0 spiro atoms.